The van der Waals surface area contributed by atoms with E-state index in [1.807, 2.05) is 27.0 Å². The second-order valence-electron chi connectivity index (χ2n) is 12.0. The number of rotatable bonds is 4. The number of anilines is 1. The molecule has 0 unspecified atom stereocenters. The number of benzene rings is 1. The summed E-state index contributed by atoms with van der Waals surface area (Å²) in [5.74, 6) is 0.580. The van der Waals surface area contributed by atoms with Crippen molar-refractivity contribution in [3.8, 4) is 0 Å². The minimum Gasteiger partial charge on any atom is -0.444 e. The Kier molecular flexibility index (Phi) is 7.28. The highest BCUT2D eigenvalue weighted by molar-refractivity contribution is 6.62. The van der Waals surface area contributed by atoms with Crippen molar-refractivity contribution in [2.24, 2.45) is 0 Å². The topological polar surface area (TPSA) is 85.8 Å². The first-order chi connectivity index (χ1) is 16.8. The molecule has 4 rings (SSSR count). The Hall–Kier alpha value is -2.39. The molecule has 2 saturated heterocycles. The predicted molar refractivity (Wildman–Crippen MR) is 144 cm³/mol. The highest BCUT2D eigenvalue weighted by atomic mass is 16.7. The van der Waals surface area contributed by atoms with E-state index in [-0.39, 0.29) is 12.1 Å². The largest absolute Gasteiger partial charge is 0.494 e. The molecule has 9 heteroatoms. The van der Waals surface area contributed by atoms with E-state index < -0.39 is 23.9 Å². The molecule has 8 nitrogen and oxygen atoms in total. The normalized spacial score (nSPS) is 21.9. The summed E-state index contributed by atoms with van der Waals surface area (Å²) in [6, 6.07) is 4.26. The number of aromatic nitrogens is 2. The molecule has 3 heterocycles. The highest BCUT2D eigenvalue weighted by Gasteiger charge is 2.51. The van der Waals surface area contributed by atoms with Crippen molar-refractivity contribution in [3.05, 3.63) is 23.9 Å². The van der Waals surface area contributed by atoms with Gasteiger partial charge >= 0.3 is 13.2 Å². The molecule has 1 aromatic carbocycles. The molecule has 1 amide bonds. The van der Waals surface area contributed by atoms with Gasteiger partial charge in [0.1, 0.15) is 5.60 Å². The van der Waals surface area contributed by atoms with Gasteiger partial charge < -0.3 is 24.3 Å². The second kappa shape index (κ2) is 9.82. The van der Waals surface area contributed by atoms with E-state index in [2.05, 4.69) is 57.1 Å². The third kappa shape index (κ3) is 5.78. The van der Waals surface area contributed by atoms with Crippen LogP contribution in [0.3, 0.4) is 0 Å². The van der Waals surface area contributed by atoms with Crippen LogP contribution in [0.25, 0.3) is 10.9 Å². The van der Waals surface area contributed by atoms with Crippen molar-refractivity contribution < 1.29 is 18.8 Å². The summed E-state index contributed by atoms with van der Waals surface area (Å²) in [5.41, 5.74) is 1.74. The standard InChI is InChI=1S/C27H41BN4O4/c1-9-18-14-20(28-35-26(5,6)27(7,8)36-28)15-19-16-29-23(31-22(18)19)30-21-12-10-11-13-32(17-21)24(33)34-25(2,3)4/h14-16,21H,9-13,17H2,1-8H3,(H,29,30,31)/t21-/m0/s1. The Morgan fingerprint density at radius 3 is 2.53 bits per heavy atom. The third-order valence-corrected chi connectivity index (χ3v) is 7.35. The molecule has 2 fully saturated rings. The molecule has 2 aliphatic rings. The molecule has 0 spiro atoms. The van der Waals surface area contributed by atoms with E-state index in [1.54, 1.807) is 4.90 Å². The minimum absolute atomic E-state index is 0.0616. The van der Waals surface area contributed by atoms with E-state index in [0.717, 1.165) is 47.6 Å². The maximum atomic E-state index is 12.7. The number of fused-ring (bicyclic) bond motifs is 1. The van der Waals surface area contributed by atoms with E-state index >= 15 is 0 Å². The summed E-state index contributed by atoms with van der Waals surface area (Å²) < 4.78 is 18.2. The molecule has 196 valence electrons. The number of hydrogen-bond acceptors (Lipinski definition) is 7. The zero-order chi connectivity index (χ0) is 26.3. The van der Waals surface area contributed by atoms with Gasteiger partial charge in [-0.1, -0.05) is 19.1 Å². The van der Waals surface area contributed by atoms with Gasteiger partial charge in [0, 0.05) is 30.7 Å². The fourth-order valence-electron chi connectivity index (χ4n) is 4.63. The summed E-state index contributed by atoms with van der Waals surface area (Å²) in [4.78, 5) is 24.0. The average Bonchev–Trinajstić information content (AvgIpc) is 2.92. The summed E-state index contributed by atoms with van der Waals surface area (Å²) in [6.45, 7) is 17.3. The van der Waals surface area contributed by atoms with Crippen LogP contribution in [0.5, 0.6) is 0 Å². The zero-order valence-corrected chi connectivity index (χ0v) is 23.1. The van der Waals surface area contributed by atoms with Gasteiger partial charge in [-0.05, 0) is 85.2 Å². The molecule has 2 aliphatic heterocycles. The van der Waals surface area contributed by atoms with E-state index in [9.17, 15) is 4.79 Å². The van der Waals surface area contributed by atoms with Gasteiger partial charge in [0.2, 0.25) is 5.95 Å². The predicted octanol–water partition coefficient (Wildman–Crippen LogP) is 4.69. The van der Waals surface area contributed by atoms with Gasteiger partial charge in [-0.25, -0.2) is 14.8 Å². The highest BCUT2D eigenvalue weighted by Crippen LogP contribution is 2.36. The number of nitrogens with zero attached hydrogens (tertiary/aromatic N) is 3. The molecule has 1 aromatic heterocycles. The molecular formula is C27H41BN4O4. The first-order valence-electron chi connectivity index (χ1n) is 13.2. The monoisotopic (exact) mass is 496 g/mol. The lowest BCUT2D eigenvalue weighted by Crippen LogP contribution is -2.42. The summed E-state index contributed by atoms with van der Waals surface area (Å²) in [6.07, 6.45) is 5.36. The number of aryl methyl sites for hydroxylation is 1. The first-order valence-corrected chi connectivity index (χ1v) is 13.2. The maximum absolute atomic E-state index is 12.7. The summed E-state index contributed by atoms with van der Waals surface area (Å²) in [7, 11) is -0.424. The van der Waals surface area contributed by atoms with Crippen LogP contribution in [-0.2, 0) is 20.5 Å². The molecule has 0 saturated carbocycles. The van der Waals surface area contributed by atoms with Gasteiger partial charge in [0.15, 0.2) is 0 Å². The van der Waals surface area contributed by atoms with Crippen molar-refractivity contribution in [2.75, 3.05) is 18.4 Å². The van der Waals surface area contributed by atoms with Crippen molar-refractivity contribution in [1.82, 2.24) is 14.9 Å². The van der Waals surface area contributed by atoms with Crippen LogP contribution in [0.1, 0.15) is 80.2 Å². The first kappa shape index (κ1) is 26.7. The smallest absolute Gasteiger partial charge is 0.444 e. The van der Waals surface area contributed by atoms with E-state index in [4.69, 9.17) is 19.0 Å². The Balaban J connectivity index is 1.54. The van der Waals surface area contributed by atoms with Gasteiger partial charge in [-0.2, -0.15) is 0 Å². The number of carbonyl (C=O) groups excluding carboxylic acids is 1. The van der Waals surface area contributed by atoms with Crippen LogP contribution in [0.2, 0.25) is 0 Å². The lowest BCUT2D eigenvalue weighted by Gasteiger charge is -2.32. The third-order valence-electron chi connectivity index (χ3n) is 7.35. The van der Waals surface area contributed by atoms with Gasteiger partial charge in [-0.15, -0.1) is 0 Å². The van der Waals surface area contributed by atoms with Crippen LogP contribution < -0.4 is 10.8 Å². The number of ether oxygens (including phenoxy) is 1. The molecule has 1 N–H and O–H groups in total. The quantitative estimate of drug-likeness (QED) is 0.615. The summed E-state index contributed by atoms with van der Waals surface area (Å²) >= 11 is 0. The molecule has 2 aromatic rings. The summed E-state index contributed by atoms with van der Waals surface area (Å²) in [5, 5.41) is 4.44. The molecule has 1 atom stereocenters. The second-order valence-corrected chi connectivity index (χ2v) is 12.0. The SMILES string of the molecule is CCc1cc(B2OC(C)(C)C(C)(C)O2)cc2cnc(N[C@H]3CCCCN(C(=O)OC(C)(C)C)C3)nc12. The minimum atomic E-state index is -0.511. The van der Waals surface area contributed by atoms with Crippen LogP contribution >= 0.6 is 0 Å². The number of carbonyl (C=O) groups is 1. The van der Waals surface area contributed by atoms with E-state index in [1.165, 1.54) is 0 Å². The lowest BCUT2D eigenvalue weighted by molar-refractivity contribution is 0.00578. The Bertz CT molecular complexity index is 1100. The Morgan fingerprint density at radius 2 is 1.89 bits per heavy atom. The van der Waals surface area contributed by atoms with Gasteiger partial charge in [0.05, 0.1) is 16.7 Å². The number of hydrogen-bond donors (Lipinski definition) is 1. The molecule has 0 bridgehead atoms. The van der Waals surface area contributed by atoms with Crippen LogP contribution in [0.4, 0.5) is 10.7 Å². The van der Waals surface area contributed by atoms with Crippen molar-refractivity contribution in [3.63, 3.8) is 0 Å². The number of likely N-dealkylation sites (tertiary alicyclic amines) is 1. The molecule has 0 radical (unpaired) electrons. The van der Waals surface area contributed by atoms with Crippen LogP contribution in [0.15, 0.2) is 18.3 Å². The van der Waals surface area contributed by atoms with Crippen LogP contribution in [0, 0.1) is 0 Å². The van der Waals surface area contributed by atoms with Gasteiger partial charge in [0.25, 0.3) is 0 Å². The zero-order valence-electron chi connectivity index (χ0n) is 23.1. The maximum Gasteiger partial charge on any atom is 0.494 e. The molecule has 36 heavy (non-hydrogen) atoms. The van der Waals surface area contributed by atoms with Crippen molar-refractivity contribution in [1.29, 1.82) is 0 Å². The molecule has 0 aliphatic carbocycles. The Morgan fingerprint density at radius 1 is 1.19 bits per heavy atom. The van der Waals surface area contributed by atoms with Crippen LogP contribution in [-0.4, -0.2) is 64.0 Å². The van der Waals surface area contributed by atoms with Crippen molar-refractivity contribution in [2.45, 2.75) is 104 Å². The van der Waals surface area contributed by atoms with E-state index in [0.29, 0.717) is 19.0 Å². The number of nitrogens with one attached hydrogen (secondary N) is 1. The lowest BCUT2D eigenvalue weighted by atomic mass is 9.77. The molecular weight excluding hydrogens is 455 g/mol. The fraction of sp³-hybridized carbons (Fsp3) is 0.667. The Labute approximate surface area is 215 Å². The van der Waals surface area contributed by atoms with Crippen molar-refractivity contribution >= 4 is 35.5 Å². The van der Waals surface area contributed by atoms with Gasteiger partial charge in [-0.3, -0.25) is 0 Å². The average molecular weight is 496 g/mol. The fourth-order valence-corrected chi connectivity index (χ4v) is 4.63. The number of amides is 1.